The summed E-state index contributed by atoms with van der Waals surface area (Å²) in [5.41, 5.74) is 1.47. The van der Waals surface area contributed by atoms with Gasteiger partial charge in [-0.1, -0.05) is 6.07 Å². The highest BCUT2D eigenvalue weighted by Gasteiger charge is 2.29. The third kappa shape index (κ3) is 4.06. The molecule has 1 fully saturated rings. The van der Waals surface area contributed by atoms with Gasteiger partial charge in [0, 0.05) is 50.4 Å². The Hall–Kier alpha value is -3.59. The molecule has 0 N–H and O–H groups in total. The van der Waals surface area contributed by atoms with Crippen LogP contribution in [0.25, 0.3) is 0 Å². The first-order valence-electron chi connectivity index (χ1n) is 9.60. The van der Waals surface area contributed by atoms with Crippen molar-refractivity contribution < 1.29 is 14.5 Å². The molecule has 30 heavy (non-hydrogen) atoms. The van der Waals surface area contributed by atoms with E-state index in [1.807, 2.05) is 23.1 Å². The normalized spacial score (nSPS) is 16.0. The minimum Gasteiger partial charge on any atom is -0.370 e. The Morgan fingerprint density at radius 2 is 2.13 bits per heavy atom. The number of carbonyl (C=O) groups is 1. The molecule has 0 aliphatic carbocycles. The second-order valence-corrected chi connectivity index (χ2v) is 7.14. The Bertz CT molecular complexity index is 1070. The number of nitrogens with zero attached hydrogens (tertiary/aromatic N) is 5. The summed E-state index contributed by atoms with van der Waals surface area (Å²) in [6, 6.07) is 10.2. The van der Waals surface area contributed by atoms with E-state index in [0.29, 0.717) is 25.4 Å². The van der Waals surface area contributed by atoms with E-state index in [2.05, 4.69) is 9.97 Å². The zero-order valence-electron chi connectivity index (χ0n) is 16.5. The Morgan fingerprint density at radius 1 is 1.27 bits per heavy atom. The van der Waals surface area contributed by atoms with Gasteiger partial charge in [-0.25, -0.2) is 4.98 Å². The van der Waals surface area contributed by atoms with Gasteiger partial charge in [-0.2, -0.15) is 0 Å². The lowest BCUT2D eigenvalue weighted by Crippen LogP contribution is -2.24. The molecular formula is C21H21N5O4. The highest BCUT2D eigenvalue weighted by Crippen LogP contribution is 2.33. The summed E-state index contributed by atoms with van der Waals surface area (Å²) in [5, 5.41) is 11.7. The Morgan fingerprint density at radius 3 is 2.83 bits per heavy atom. The lowest BCUT2D eigenvalue weighted by Gasteiger charge is -2.19. The van der Waals surface area contributed by atoms with Crippen LogP contribution in [0.2, 0.25) is 0 Å². The van der Waals surface area contributed by atoms with Crippen molar-refractivity contribution in [3.05, 3.63) is 82.2 Å². The van der Waals surface area contributed by atoms with Crippen molar-refractivity contribution in [1.29, 1.82) is 0 Å². The van der Waals surface area contributed by atoms with E-state index in [9.17, 15) is 14.9 Å². The number of anilines is 1. The Labute approximate surface area is 173 Å². The molecule has 3 heterocycles. The summed E-state index contributed by atoms with van der Waals surface area (Å²) in [6.07, 6.45) is 5.62. The SMILES string of the molecule is Cn1ccnc1C(=O)c1ccc(N2CC[C@H](OCc3ccccn3)C2)c([N+](=O)[O-])c1. The van der Waals surface area contributed by atoms with Crippen LogP contribution >= 0.6 is 0 Å². The van der Waals surface area contributed by atoms with Gasteiger partial charge in [0.05, 0.1) is 23.3 Å². The minimum absolute atomic E-state index is 0.0412. The number of ketones is 1. The van der Waals surface area contributed by atoms with Crippen molar-refractivity contribution in [1.82, 2.24) is 14.5 Å². The molecule has 9 nitrogen and oxygen atoms in total. The Kier molecular flexibility index (Phi) is 5.53. The molecule has 1 atom stereocenters. The predicted octanol–water partition coefficient (Wildman–Crippen LogP) is 2.75. The first-order valence-corrected chi connectivity index (χ1v) is 9.60. The maximum Gasteiger partial charge on any atom is 0.293 e. The standard InChI is InChI=1S/C21H21N5O4/c1-24-11-9-23-21(24)20(27)15-5-6-18(19(12-15)26(28)29)25-10-7-17(13-25)30-14-16-4-2-3-8-22-16/h2-6,8-9,11-12,17H,7,10,13-14H2,1H3/t17-/m0/s1. The number of hydrogen-bond donors (Lipinski definition) is 0. The van der Waals surface area contributed by atoms with Gasteiger partial charge >= 0.3 is 0 Å². The highest BCUT2D eigenvalue weighted by atomic mass is 16.6. The lowest BCUT2D eigenvalue weighted by molar-refractivity contribution is -0.384. The van der Waals surface area contributed by atoms with Crippen molar-refractivity contribution in [2.45, 2.75) is 19.1 Å². The molecule has 0 saturated carbocycles. The molecule has 154 valence electrons. The van der Waals surface area contributed by atoms with Gasteiger partial charge in [-0.15, -0.1) is 0 Å². The third-order valence-electron chi connectivity index (χ3n) is 5.14. The average molecular weight is 407 g/mol. The number of ether oxygens (including phenoxy) is 1. The van der Waals surface area contributed by atoms with Crippen LogP contribution in [0.3, 0.4) is 0 Å². The minimum atomic E-state index is -0.452. The zero-order valence-corrected chi connectivity index (χ0v) is 16.5. The molecule has 0 amide bonds. The summed E-state index contributed by atoms with van der Waals surface area (Å²) in [7, 11) is 1.71. The molecule has 0 radical (unpaired) electrons. The number of carbonyl (C=O) groups excluding carboxylic acids is 1. The summed E-state index contributed by atoms with van der Waals surface area (Å²) in [6.45, 7) is 1.58. The second-order valence-electron chi connectivity index (χ2n) is 7.14. The molecule has 4 rings (SSSR count). The van der Waals surface area contributed by atoms with Crippen LogP contribution in [-0.2, 0) is 18.4 Å². The van der Waals surface area contributed by atoms with E-state index in [1.165, 1.54) is 12.3 Å². The van der Waals surface area contributed by atoms with Crippen molar-refractivity contribution in [3.63, 3.8) is 0 Å². The molecule has 1 saturated heterocycles. The van der Waals surface area contributed by atoms with Crippen LogP contribution in [0.5, 0.6) is 0 Å². The number of pyridine rings is 1. The number of aromatic nitrogens is 3. The number of hydrogen-bond acceptors (Lipinski definition) is 7. The monoisotopic (exact) mass is 407 g/mol. The first-order chi connectivity index (χ1) is 14.5. The number of benzene rings is 1. The molecule has 1 aromatic carbocycles. The van der Waals surface area contributed by atoms with Crippen LogP contribution in [0, 0.1) is 10.1 Å². The van der Waals surface area contributed by atoms with E-state index in [0.717, 1.165) is 12.1 Å². The molecule has 9 heteroatoms. The summed E-state index contributed by atoms with van der Waals surface area (Å²) in [5.74, 6) is -0.114. The van der Waals surface area contributed by atoms with Crippen LogP contribution in [0.4, 0.5) is 11.4 Å². The fourth-order valence-corrected chi connectivity index (χ4v) is 3.56. The maximum atomic E-state index is 12.7. The lowest BCUT2D eigenvalue weighted by atomic mass is 10.1. The fourth-order valence-electron chi connectivity index (χ4n) is 3.56. The number of nitro benzene ring substituents is 1. The van der Waals surface area contributed by atoms with Gasteiger partial charge in [0.15, 0.2) is 5.82 Å². The van der Waals surface area contributed by atoms with Gasteiger partial charge in [0.1, 0.15) is 5.69 Å². The average Bonchev–Trinajstić information content (AvgIpc) is 3.41. The van der Waals surface area contributed by atoms with Gasteiger partial charge in [-0.05, 0) is 30.7 Å². The second kappa shape index (κ2) is 8.42. The van der Waals surface area contributed by atoms with E-state index in [4.69, 9.17) is 4.74 Å². The van der Waals surface area contributed by atoms with Crippen molar-refractivity contribution in [2.75, 3.05) is 18.0 Å². The molecule has 2 aromatic heterocycles. The van der Waals surface area contributed by atoms with Crippen molar-refractivity contribution in [3.8, 4) is 0 Å². The van der Waals surface area contributed by atoms with Crippen LogP contribution in [0.1, 0.15) is 28.3 Å². The van der Waals surface area contributed by atoms with Gasteiger partial charge in [0.25, 0.3) is 5.69 Å². The number of rotatable bonds is 7. The zero-order chi connectivity index (χ0) is 21.1. The molecule has 1 aliphatic heterocycles. The van der Waals surface area contributed by atoms with Crippen LogP contribution in [0.15, 0.2) is 55.0 Å². The van der Waals surface area contributed by atoms with Crippen LogP contribution < -0.4 is 4.90 Å². The quantitative estimate of drug-likeness (QED) is 0.337. The molecule has 3 aromatic rings. The van der Waals surface area contributed by atoms with Crippen molar-refractivity contribution >= 4 is 17.2 Å². The van der Waals surface area contributed by atoms with Crippen LogP contribution in [-0.4, -0.2) is 44.4 Å². The Balaban J connectivity index is 1.49. The highest BCUT2D eigenvalue weighted by molar-refractivity contribution is 6.07. The van der Waals surface area contributed by atoms with E-state index < -0.39 is 4.92 Å². The summed E-state index contributed by atoms with van der Waals surface area (Å²) < 4.78 is 7.52. The largest absolute Gasteiger partial charge is 0.370 e. The maximum absolute atomic E-state index is 12.7. The molecule has 0 spiro atoms. The predicted molar refractivity (Wildman–Crippen MR) is 109 cm³/mol. The van der Waals surface area contributed by atoms with E-state index >= 15 is 0 Å². The van der Waals surface area contributed by atoms with Gasteiger partial charge < -0.3 is 14.2 Å². The van der Waals surface area contributed by atoms with Gasteiger partial charge in [-0.3, -0.25) is 19.9 Å². The molecular weight excluding hydrogens is 386 g/mol. The summed E-state index contributed by atoms with van der Waals surface area (Å²) >= 11 is 0. The number of nitro groups is 1. The summed E-state index contributed by atoms with van der Waals surface area (Å²) in [4.78, 5) is 34.1. The van der Waals surface area contributed by atoms with Crippen molar-refractivity contribution in [2.24, 2.45) is 7.05 Å². The molecule has 1 aliphatic rings. The first kappa shape index (κ1) is 19.7. The molecule has 0 bridgehead atoms. The number of imidazole rings is 1. The molecule has 0 unspecified atom stereocenters. The van der Waals surface area contributed by atoms with Gasteiger partial charge in [0.2, 0.25) is 5.78 Å². The topological polar surface area (TPSA) is 103 Å². The number of aryl methyl sites for hydroxylation is 1. The van der Waals surface area contributed by atoms with E-state index in [1.54, 1.807) is 36.1 Å². The third-order valence-corrected chi connectivity index (χ3v) is 5.14. The fraction of sp³-hybridized carbons (Fsp3) is 0.286. The van der Waals surface area contributed by atoms with E-state index in [-0.39, 0.29) is 29.0 Å². The smallest absolute Gasteiger partial charge is 0.293 e.